The van der Waals surface area contributed by atoms with Crippen molar-refractivity contribution < 1.29 is 0 Å². The topological polar surface area (TPSA) is 0 Å². The normalized spacial score (nSPS) is 6.47. The van der Waals surface area contributed by atoms with E-state index >= 15 is 0 Å². The third kappa shape index (κ3) is 31.3. The SMILES string of the molecule is CC.CC.CC.CCC.Cc1ccc(C)cc1. The Morgan fingerprint density at radius 3 is 0.824 bits per heavy atom. The van der Waals surface area contributed by atoms with E-state index in [1.807, 2.05) is 41.5 Å². The summed E-state index contributed by atoms with van der Waals surface area (Å²) < 4.78 is 0. The maximum absolute atomic E-state index is 2.12. The van der Waals surface area contributed by atoms with Crippen LogP contribution in [0.3, 0.4) is 0 Å². The van der Waals surface area contributed by atoms with Crippen molar-refractivity contribution in [3.63, 3.8) is 0 Å². The monoisotopic (exact) mass is 240 g/mol. The predicted molar refractivity (Wildman–Crippen MR) is 85.9 cm³/mol. The van der Waals surface area contributed by atoms with Crippen molar-refractivity contribution in [1.82, 2.24) is 0 Å². The van der Waals surface area contributed by atoms with Gasteiger partial charge in [-0.25, -0.2) is 0 Å². The van der Waals surface area contributed by atoms with Gasteiger partial charge < -0.3 is 0 Å². The first-order valence-corrected chi connectivity index (χ1v) is 7.24. The smallest absolute Gasteiger partial charge is 0.0398 e. The van der Waals surface area contributed by atoms with Crippen LogP contribution in [0.25, 0.3) is 0 Å². The second-order valence-corrected chi connectivity index (χ2v) is 2.86. The van der Waals surface area contributed by atoms with Gasteiger partial charge in [-0.2, -0.15) is 0 Å². The van der Waals surface area contributed by atoms with Crippen LogP contribution in [0.15, 0.2) is 24.3 Å². The number of hydrogen-bond donors (Lipinski definition) is 0. The van der Waals surface area contributed by atoms with E-state index in [9.17, 15) is 0 Å². The zero-order valence-electron chi connectivity index (χ0n) is 14.0. The number of hydrogen-bond acceptors (Lipinski definition) is 0. The number of rotatable bonds is 0. The molecule has 0 spiro atoms. The summed E-state index contributed by atoms with van der Waals surface area (Å²) in [6, 6.07) is 8.48. The molecule has 0 aromatic heterocycles. The van der Waals surface area contributed by atoms with Crippen molar-refractivity contribution in [1.29, 1.82) is 0 Å². The van der Waals surface area contributed by atoms with Gasteiger partial charge in [-0.1, -0.05) is 97.2 Å². The van der Waals surface area contributed by atoms with E-state index in [-0.39, 0.29) is 0 Å². The van der Waals surface area contributed by atoms with Gasteiger partial charge in [0.05, 0.1) is 0 Å². The van der Waals surface area contributed by atoms with Crippen LogP contribution >= 0.6 is 0 Å². The molecular weight excluding hydrogens is 204 g/mol. The van der Waals surface area contributed by atoms with E-state index in [1.54, 1.807) is 0 Å². The molecule has 0 heterocycles. The van der Waals surface area contributed by atoms with E-state index in [4.69, 9.17) is 0 Å². The zero-order valence-corrected chi connectivity index (χ0v) is 14.0. The van der Waals surface area contributed by atoms with Crippen LogP contribution in [0.1, 0.15) is 72.9 Å². The van der Waals surface area contributed by atoms with E-state index in [0.717, 1.165) is 0 Å². The summed E-state index contributed by atoms with van der Waals surface area (Å²) in [5, 5.41) is 0. The Bertz CT molecular complexity index is 151. The lowest BCUT2D eigenvalue weighted by Crippen LogP contribution is -1.70. The molecule has 0 nitrogen and oxygen atoms in total. The van der Waals surface area contributed by atoms with Crippen LogP contribution in [0, 0.1) is 13.8 Å². The molecule has 0 N–H and O–H groups in total. The largest absolute Gasteiger partial charge is 0.0683 e. The van der Waals surface area contributed by atoms with Crippen LogP contribution in [0.5, 0.6) is 0 Å². The molecule has 0 fully saturated rings. The molecule has 0 radical (unpaired) electrons. The first-order chi connectivity index (χ1) is 8.20. The molecule has 0 aliphatic rings. The third-order valence-corrected chi connectivity index (χ3v) is 1.22. The molecule has 1 aromatic rings. The van der Waals surface area contributed by atoms with Gasteiger partial charge in [0.15, 0.2) is 0 Å². The van der Waals surface area contributed by atoms with E-state index in [0.29, 0.717) is 0 Å². The number of benzene rings is 1. The fourth-order valence-electron chi connectivity index (χ4n) is 0.637. The Hall–Kier alpha value is -0.780. The van der Waals surface area contributed by atoms with Gasteiger partial charge in [-0.15, -0.1) is 0 Å². The molecule has 0 heteroatoms. The first-order valence-electron chi connectivity index (χ1n) is 7.24. The lowest BCUT2D eigenvalue weighted by atomic mass is 10.2. The van der Waals surface area contributed by atoms with Crippen molar-refractivity contribution in [3.8, 4) is 0 Å². The molecule has 17 heavy (non-hydrogen) atoms. The standard InChI is InChI=1S/C8H10.C3H8.3C2H6/c1-7-3-5-8(2)6-4-7;1-3-2;3*1-2/h3-6H,1-2H3;3H2,1-2H3;3*1-2H3. The van der Waals surface area contributed by atoms with E-state index in [1.165, 1.54) is 17.5 Å². The van der Waals surface area contributed by atoms with Crippen LogP contribution in [-0.4, -0.2) is 0 Å². The Kier molecular flexibility index (Phi) is 43.6. The molecule has 0 aliphatic heterocycles. The Balaban J connectivity index is -0.0000000801. The van der Waals surface area contributed by atoms with Crippen molar-refractivity contribution in [2.24, 2.45) is 0 Å². The van der Waals surface area contributed by atoms with Crippen molar-refractivity contribution >= 4 is 0 Å². The molecule has 0 bridgehead atoms. The summed E-state index contributed by atoms with van der Waals surface area (Å²) in [6.07, 6.45) is 1.25. The lowest BCUT2D eigenvalue weighted by Gasteiger charge is -1.90. The van der Waals surface area contributed by atoms with Gasteiger partial charge in [0.25, 0.3) is 0 Å². The molecular formula is C17H36. The van der Waals surface area contributed by atoms with Crippen LogP contribution in [0.4, 0.5) is 0 Å². The Labute approximate surface area is 111 Å². The van der Waals surface area contributed by atoms with Gasteiger partial charge in [0, 0.05) is 0 Å². The van der Waals surface area contributed by atoms with Crippen molar-refractivity contribution in [2.75, 3.05) is 0 Å². The average Bonchev–Trinajstić information content (AvgIpc) is 2.41. The highest BCUT2D eigenvalue weighted by molar-refractivity contribution is 5.19. The second kappa shape index (κ2) is 29.5. The Morgan fingerprint density at radius 1 is 0.588 bits per heavy atom. The number of aryl methyl sites for hydroxylation is 2. The molecule has 0 unspecified atom stereocenters. The average molecular weight is 240 g/mol. The van der Waals surface area contributed by atoms with Gasteiger partial charge >= 0.3 is 0 Å². The van der Waals surface area contributed by atoms with Gasteiger partial charge in [0.1, 0.15) is 0 Å². The van der Waals surface area contributed by atoms with Gasteiger partial charge in [-0.05, 0) is 13.8 Å². The predicted octanol–water partition coefficient (Wildman–Crippen LogP) is 6.80. The van der Waals surface area contributed by atoms with Crippen LogP contribution in [-0.2, 0) is 0 Å². The van der Waals surface area contributed by atoms with E-state index in [2.05, 4.69) is 52.0 Å². The van der Waals surface area contributed by atoms with Gasteiger partial charge in [0.2, 0.25) is 0 Å². The first kappa shape index (κ1) is 25.2. The summed E-state index contributed by atoms with van der Waals surface area (Å²) in [5.41, 5.74) is 2.66. The zero-order chi connectivity index (χ0) is 14.7. The van der Waals surface area contributed by atoms with Crippen LogP contribution in [0.2, 0.25) is 0 Å². The molecule has 1 aromatic carbocycles. The lowest BCUT2D eigenvalue weighted by molar-refractivity contribution is 1.09. The van der Waals surface area contributed by atoms with Gasteiger partial charge in [-0.3, -0.25) is 0 Å². The fourth-order valence-corrected chi connectivity index (χ4v) is 0.637. The summed E-state index contributed by atoms with van der Waals surface area (Å²) in [7, 11) is 0. The minimum Gasteiger partial charge on any atom is -0.0683 e. The van der Waals surface area contributed by atoms with Crippen molar-refractivity contribution in [2.45, 2.75) is 75.7 Å². The molecule has 0 aliphatic carbocycles. The molecule has 104 valence electrons. The maximum Gasteiger partial charge on any atom is -0.0398 e. The molecule has 0 saturated heterocycles. The molecule has 0 saturated carbocycles. The summed E-state index contributed by atoms with van der Waals surface area (Å²) in [4.78, 5) is 0. The summed E-state index contributed by atoms with van der Waals surface area (Å²) >= 11 is 0. The third-order valence-electron chi connectivity index (χ3n) is 1.22. The molecule has 1 rings (SSSR count). The minimum atomic E-state index is 1.25. The molecule has 0 amide bonds. The fraction of sp³-hybridized carbons (Fsp3) is 0.647. The van der Waals surface area contributed by atoms with E-state index < -0.39 is 0 Å². The molecule has 0 atom stereocenters. The highest BCUT2D eigenvalue weighted by atomic mass is 13.9. The highest BCUT2D eigenvalue weighted by Crippen LogP contribution is 1.99. The summed E-state index contributed by atoms with van der Waals surface area (Å²) in [6.45, 7) is 20.4. The Morgan fingerprint density at radius 2 is 0.706 bits per heavy atom. The second-order valence-electron chi connectivity index (χ2n) is 2.86. The minimum absolute atomic E-state index is 1.25. The quantitative estimate of drug-likeness (QED) is 0.468. The highest BCUT2D eigenvalue weighted by Gasteiger charge is 1.79. The van der Waals surface area contributed by atoms with Crippen LogP contribution < -0.4 is 0 Å². The maximum atomic E-state index is 2.12. The summed E-state index contributed by atoms with van der Waals surface area (Å²) in [5.74, 6) is 0. The van der Waals surface area contributed by atoms with Crippen molar-refractivity contribution in [3.05, 3.63) is 35.4 Å².